The summed E-state index contributed by atoms with van der Waals surface area (Å²) in [5, 5.41) is 7.07. The Kier molecular flexibility index (Phi) is 5.30. The van der Waals surface area contributed by atoms with Crippen molar-refractivity contribution < 1.29 is 8.42 Å². The quantitative estimate of drug-likeness (QED) is 0.751. The number of rotatable bonds is 8. The van der Waals surface area contributed by atoms with E-state index in [-0.39, 0.29) is 0 Å². The van der Waals surface area contributed by atoms with E-state index in [1.807, 2.05) is 19.2 Å². The van der Waals surface area contributed by atoms with Crippen LogP contribution < -0.4 is 10.0 Å². The van der Waals surface area contributed by atoms with Gasteiger partial charge in [-0.25, -0.2) is 13.1 Å². The van der Waals surface area contributed by atoms with Gasteiger partial charge in [-0.1, -0.05) is 0 Å². The molecule has 2 N–H and O–H groups in total. The molecule has 110 valence electrons. The van der Waals surface area contributed by atoms with Crippen molar-refractivity contribution >= 4 is 21.4 Å². The van der Waals surface area contributed by atoms with Crippen molar-refractivity contribution in [2.24, 2.45) is 0 Å². The lowest BCUT2D eigenvalue weighted by molar-refractivity contribution is 0.562. The van der Waals surface area contributed by atoms with Gasteiger partial charge in [0, 0.05) is 23.8 Å². The van der Waals surface area contributed by atoms with Crippen LogP contribution in [0.4, 0.5) is 0 Å². The van der Waals surface area contributed by atoms with Crippen LogP contribution in [0.1, 0.15) is 4.88 Å². The Morgan fingerprint density at radius 2 is 2.20 bits per heavy atom. The van der Waals surface area contributed by atoms with Gasteiger partial charge in [0.2, 0.25) is 10.0 Å². The molecule has 0 spiro atoms. The smallest absolute Gasteiger partial charge is 0.250 e. The summed E-state index contributed by atoms with van der Waals surface area (Å²) in [6.07, 6.45) is 4.31. The standard InChI is InChI=1S/C12H18N4O2S2/c1-13-7-5-11-3-4-12(19-11)20(17,18)15-8-10-16-9-2-6-14-16/h2-4,6,9,13,15H,5,7-8,10H2,1H3. The maximum atomic E-state index is 12.1. The minimum atomic E-state index is -3.41. The van der Waals surface area contributed by atoms with Crippen LogP contribution in [0.3, 0.4) is 0 Å². The van der Waals surface area contributed by atoms with Gasteiger partial charge in [-0.2, -0.15) is 5.10 Å². The van der Waals surface area contributed by atoms with Gasteiger partial charge in [-0.15, -0.1) is 11.3 Å². The highest BCUT2D eigenvalue weighted by Gasteiger charge is 2.16. The predicted molar refractivity (Wildman–Crippen MR) is 79.4 cm³/mol. The summed E-state index contributed by atoms with van der Waals surface area (Å²) in [5.74, 6) is 0. The lowest BCUT2D eigenvalue weighted by atomic mass is 10.3. The van der Waals surface area contributed by atoms with Crippen molar-refractivity contribution in [1.82, 2.24) is 19.8 Å². The molecule has 0 aliphatic rings. The van der Waals surface area contributed by atoms with Gasteiger partial charge >= 0.3 is 0 Å². The van der Waals surface area contributed by atoms with Crippen LogP contribution >= 0.6 is 11.3 Å². The van der Waals surface area contributed by atoms with E-state index in [9.17, 15) is 8.42 Å². The Bertz CT molecular complexity index is 620. The molecule has 0 unspecified atom stereocenters. The fourth-order valence-corrected chi connectivity index (χ4v) is 4.10. The van der Waals surface area contributed by atoms with E-state index in [0.717, 1.165) is 17.8 Å². The molecule has 2 aromatic heterocycles. The zero-order valence-electron chi connectivity index (χ0n) is 11.2. The molecule has 2 rings (SSSR count). The van der Waals surface area contributed by atoms with Crippen molar-refractivity contribution in [3.63, 3.8) is 0 Å². The van der Waals surface area contributed by atoms with Crippen LogP contribution in [0.25, 0.3) is 0 Å². The second-order valence-corrected chi connectivity index (χ2v) is 7.40. The zero-order valence-corrected chi connectivity index (χ0v) is 12.9. The molecular weight excluding hydrogens is 296 g/mol. The summed E-state index contributed by atoms with van der Waals surface area (Å²) in [6.45, 7) is 1.69. The molecule has 2 aromatic rings. The molecule has 0 saturated carbocycles. The van der Waals surface area contributed by atoms with Crippen LogP contribution in [-0.2, 0) is 23.0 Å². The van der Waals surface area contributed by atoms with Crippen LogP contribution in [0.5, 0.6) is 0 Å². The maximum absolute atomic E-state index is 12.1. The molecule has 0 fully saturated rings. The first-order valence-corrected chi connectivity index (χ1v) is 8.62. The Labute approximate surface area is 122 Å². The van der Waals surface area contributed by atoms with Gasteiger partial charge in [0.05, 0.1) is 6.54 Å². The average Bonchev–Trinajstić information content (AvgIpc) is 3.07. The molecule has 0 saturated heterocycles. The first kappa shape index (κ1) is 15.2. The predicted octanol–water partition coefficient (Wildman–Crippen LogP) is 0.685. The van der Waals surface area contributed by atoms with Crippen molar-refractivity contribution in [3.8, 4) is 0 Å². The van der Waals surface area contributed by atoms with Crippen LogP contribution in [0.2, 0.25) is 0 Å². The van der Waals surface area contributed by atoms with Gasteiger partial charge in [0.15, 0.2) is 0 Å². The molecule has 6 nitrogen and oxygen atoms in total. The molecule has 0 radical (unpaired) electrons. The molecule has 8 heteroatoms. The third kappa shape index (κ3) is 4.14. The lowest BCUT2D eigenvalue weighted by Crippen LogP contribution is -2.26. The Balaban J connectivity index is 1.90. The van der Waals surface area contributed by atoms with Gasteiger partial charge in [-0.05, 0) is 38.2 Å². The summed E-state index contributed by atoms with van der Waals surface area (Å²) >= 11 is 1.31. The molecule has 0 aliphatic heterocycles. The molecule has 0 bridgehead atoms. The number of nitrogens with one attached hydrogen (secondary N) is 2. The fourth-order valence-electron chi connectivity index (χ4n) is 1.68. The number of sulfonamides is 1. The van der Waals surface area contributed by atoms with Gasteiger partial charge in [0.25, 0.3) is 0 Å². The second kappa shape index (κ2) is 6.98. The number of hydrogen-bond acceptors (Lipinski definition) is 5. The molecule has 20 heavy (non-hydrogen) atoms. The molecular formula is C12H18N4O2S2. The van der Waals surface area contributed by atoms with Crippen molar-refractivity contribution in [2.45, 2.75) is 17.2 Å². The normalized spacial score (nSPS) is 11.8. The monoisotopic (exact) mass is 314 g/mol. The lowest BCUT2D eigenvalue weighted by Gasteiger charge is -2.04. The van der Waals surface area contributed by atoms with Crippen LogP contribution in [-0.4, -0.2) is 38.3 Å². The molecule has 0 aliphatic carbocycles. The summed E-state index contributed by atoms with van der Waals surface area (Å²) in [5.41, 5.74) is 0. The first-order valence-electron chi connectivity index (χ1n) is 6.32. The Hall–Kier alpha value is -1.22. The van der Waals surface area contributed by atoms with E-state index >= 15 is 0 Å². The van der Waals surface area contributed by atoms with E-state index < -0.39 is 10.0 Å². The summed E-state index contributed by atoms with van der Waals surface area (Å²) in [4.78, 5) is 1.06. The Morgan fingerprint density at radius 3 is 2.90 bits per heavy atom. The number of nitrogens with zero attached hydrogens (tertiary/aromatic N) is 2. The van der Waals surface area contributed by atoms with E-state index in [1.165, 1.54) is 11.3 Å². The van der Waals surface area contributed by atoms with Crippen molar-refractivity contribution in [1.29, 1.82) is 0 Å². The van der Waals surface area contributed by atoms with E-state index in [0.29, 0.717) is 17.3 Å². The van der Waals surface area contributed by atoms with Crippen LogP contribution in [0.15, 0.2) is 34.8 Å². The topological polar surface area (TPSA) is 76.0 Å². The second-order valence-electron chi connectivity index (χ2n) is 4.24. The van der Waals surface area contributed by atoms with Crippen molar-refractivity contribution in [2.75, 3.05) is 20.1 Å². The highest BCUT2D eigenvalue weighted by atomic mass is 32.2. The third-order valence-corrected chi connectivity index (χ3v) is 5.81. The number of likely N-dealkylation sites (N-methyl/N-ethyl adjacent to an activating group) is 1. The zero-order chi connectivity index (χ0) is 14.4. The van der Waals surface area contributed by atoms with Gasteiger partial charge < -0.3 is 5.32 Å². The van der Waals surface area contributed by atoms with Crippen LogP contribution in [0, 0.1) is 0 Å². The van der Waals surface area contributed by atoms with Crippen molar-refractivity contribution in [3.05, 3.63) is 35.5 Å². The minimum Gasteiger partial charge on any atom is -0.319 e. The highest BCUT2D eigenvalue weighted by molar-refractivity contribution is 7.91. The SMILES string of the molecule is CNCCc1ccc(S(=O)(=O)NCCn2cccn2)s1. The van der Waals surface area contributed by atoms with E-state index in [2.05, 4.69) is 15.1 Å². The van der Waals surface area contributed by atoms with Gasteiger partial charge in [-0.3, -0.25) is 4.68 Å². The summed E-state index contributed by atoms with van der Waals surface area (Å²) in [6, 6.07) is 5.33. The Morgan fingerprint density at radius 1 is 1.35 bits per heavy atom. The van der Waals surface area contributed by atoms with E-state index in [1.54, 1.807) is 23.1 Å². The molecule has 0 aromatic carbocycles. The molecule has 2 heterocycles. The minimum absolute atomic E-state index is 0.327. The summed E-state index contributed by atoms with van der Waals surface area (Å²) < 4.78 is 28.8. The maximum Gasteiger partial charge on any atom is 0.250 e. The fraction of sp³-hybridized carbons (Fsp3) is 0.417. The first-order chi connectivity index (χ1) is 9.62. The average molecular weight is 314 g/mol. The number of aromatic nitrogens is 2. The van der Waals surface area contributed by atoms with E-state index in [4.69, 9.17) is 0 Å². The summed E-state index contributed by atoms with van der Waals surface area (Å²) in [7, 11) is -1.53. The number of hydrogen-bond donors (Lipinski definition) is 2. The molecule has 0 amide bonds. The number of thiophene rings is 1. The largest absolute Gasteiger partial charge is 0.319 e. The molecule has 0 atom stereocenters. The third-order valence-electron chi connectivity index (χ3n) is 2.72. The highest BCUT2D eigenvalue weighted by Crippen LogP contribution is 2.21. The van der Waals surface area contributed by atoms with Gasteiger partial charge in [0.1, 0.15) is 4.21 Å².